The van der Waals surface area contributed by atoms with Gasteiger partial charge in [0.25, 0.3) is 0 Å². The molecular weight excluding hydrogens is 376 g/mol. The van der Waals surface area contributed by atoms with Gasteiger partial charge in [-0.25, -0.2) is 0 Å². The first kappa shape index (κ1) is 21.3. The van der Waals surface area contributed by atoms with Gasteiger partial charge in [-0.1, -0.05) is 36.4 Å². The normalized spacial score (nSPS) is 12.1. The molecular formula is C26H31O2S+. The van der Waals surface area contributed by atoms with Crippen LogP contribution in [0.15, 0.2) is 93.5 Å². The van der Waals surface area contributed by atoms with Crippen molar-refractivity contribution in [2.75, 3.05) is 0 Å². The number of rotatable bonds is 5. The van der Waals surface area contributed by atoms with Crippen LogP contribution in [0.1, 0.15) is 41.5 Å². The Morgan fingerprint density at radius 3 is 1.52 bits per heavy atom. The van der Waals surface area contributed by atoms with E-state index in [2.05, 4.69) is 114 Å². The lowest BCUT2D eigenvalue weighted by Gasteiger charge is -2.25. The van der Waals surface area contributed by atoms with Gasteiger partial charge in [-0.3, -0.25) is 0 Å². The van der Waals surface area contributed by atoms with Gasteiger partial charge in [0.15, 0.2) is 15.5 Å². The fraction of sp³-hybridized carbons (Fsp3) is 0.308. The first-order valence-corrected chi connectivity index (χ1v) is 11.2. The van der Waals surface area contributed by atoms with E-state index in [1.54, 1.807) is 0 Å². The smallest absolute Gasteiger partial charge is 0.208 e. The summed E-state index contributed by atoms with van der Waals surface area (Å²) in [5.41, 5.74) is -0.571. The molecule has 0 saturated heterocycles. The minimum Gasteiger partial charge on any atom is -0.488 e. The lowest BCUT2D eigenvalue weighted by Crippen LogP contribution is -2.25. The lowest BCUT2D eigenvalue weighted by molar-refractivity contribution is 0.118. The van der Waals surface area contributed by atoms with Gasteiger partial charge in [0, 0.05) is 12.1 Å². The number of benzene rings is 3. The van der Waals surface area contributed by atoms with E-state index in [4.69, 9.17) is 9.47 Å². The van der Waals surface area contributed by atoms with Crippen molar-refractivity contribution in [1.82, 2.24) is 0 Å². The Balaban J connectivity index is 2.16. The molecule has 3 rings (SSSR count). The van der Waals surface area contributed by atoms with Gasteiger partial charge < -0.3 is 9.47 Å². The Morgan fingerprint density at radius 2 is 1.07 bits per heavy atom. The third-order valence-corrected chi connectivity index (χ3v) is 6.20. The van der Waals surface area contributed by atoms with Gasteiger partial charge in [0.05, 0.1) is 0 Å². The molecule has 0 aliphatic carbocycles. The number of hydrogen-bond acceptors (Lipinski definition) is 2. The van der Waals surface area contributed by atoms with E-state index in [1.165, 1.54) is 14.7 Å². The van der Waals surface area contributed by atoms with Crippen LogP contribution in [0.5, 0.6) is 11.5 Å². The summed E-state index contributed by atoms with van der Waals surface area (Å²) in [7, 11) is -0.273. The highest BCUT2D eigenvalue weighted by Gasteiger charge is 2.33. The largest absolute Gasteiger partial charge is 0.488 e. The molecule has 3 aromatic carbocycles. The Labute approximate surface area is 178 Å². The van der Waals surface area contributed by atoms with E-state index < -0.39 is 0 Å². The van der Waals surface area contributed by atoms with E-state index in [0.29, 0.717) is 0 Å². The van der Waals surface area contributed by atoms with Crippen LogP contribution in [0.25, 0.3) is 0 Å². The minimum atomic E-state index is -0.308. The summed E-state index contributed by atoms with van der Waals surface area (Å²) in [6, 6.07) is 27.5. The Hall–Kier alpha value is -2.39. The van der Waals surface area contributed by atoms with Gasteiger partial charge in [-0.05, 0) is 71.9 Å². The zero-order chi connectivity index (χ0) is 21.1. The van der Waals surface area contributed by atoms with Crippen LogP contribution >= 0.6 is 0 Å². The van der Waals surface area contributed by atoms with Crippen molar-refractivity contribution >= 4 is 10.9 Å². The molecule has 29 heavy (non-hydrogen) atoms. The van der Waals surface area contributed by atoms with Crippen molar-refractivity contribution in [2.45, 2.75) is 67.4 Å². The summed E-state index contributed by atoms with van der Waals surface area (Å²) >= 11 is 0. The van der Waals surface area contributed by atoms with Crippen LogP contribution in [-0.4, -0.2) is 11.2 Å². The molecule has 3 heteroatoms. The minimum absolute atomic E-state index is 0.263. The highest BCUT2D eigenvalue weighted by atomic mass is 32.2. The van der Waals surface area contributed by atoms with Crippen LogP contribution in [-0.2, 0) is 10.9 Å². The van der Waals surface area contributed by atoms with Crippen LogP contribution in [0.2, 0.25) is 0 Å². The lowest BCUT2D eigenvalue weighted by atomic mass is 10.2. The summed E-state index contributed by atoms with van der Waals surface area (Å²) in [6.45, 7) is 12.4. The topological polar surface area (TPSA) is 18.5 Å². The van der Waals surface area contributed by atoms with Gasteiger partial charge in [-0.15, -0.1) is 0 Å². The SMILES string of the molecule is CC(C)(C)Oc1ccc([S+](c2ccccc2)c2ccccc2)c(OC(C)(C)C)c1. The molecule has 3 aromatic rings. The Morgan fingerprint density at radius 1 is 0.586 bits per heavy atom. The Kier molecular flexibility index (Phi) is 6.28. The van der Waals surface area contributed by atoms with Gasteiger partial charge >= 0.3 is 0 Å². The monoisotopic (exact) mass is 407 g/mol. The predicted octanol–water partition coefficient (Wildman–Crippen LogP) is 7.14. The zero-order valence-corrected chi connectivity index (χ0v) is 19.0. The van der Waals surface area contributed by atoms with Crippen LogP contribution in [0.4, 0.5) is 0 Å². The Bertz CT molecular complexity index is 883. The van der Waals surface area contributed by atoms with Gasteiger partial charge in [0.2, 0.25) is 4.90 Å². The highest BCUT2D eigenvalue weighted by Crippen LogP contribution is 2.40. The van der Waals surface area contributed by atoms with E-state index in [0.717, 1.165) is 11.5 Å². The molecule has 152 valence electrons. The van der Waals surface area contributed by atoms with Crippen molar-refractivity contribution in [2.24, 2.45) is 0 Å². The fourth-order valence-corrected chi connectivity index (χ4v) is 5.13. The highest BCUT2D eigenvalue weighted by molar-refractivity contribution is 7.97. The maximum atomic E-state index is 6.44. The molecule has 0 fully saturated rings. The van der Waals surface area contributed by atoms with Gasteiger partial charge in [-0.2, -0.15) is 0 Å². The quantitative estimate of drug-likeness (QED) is 0.419. The maximum absolute atomic E-state index is 6.44. The van der Waals surface area contributed by atoms with Crippen LogP contribution in [0, 0.1) is 0 Å². The summed E-state index contributed by atoms with van der Waals surface area (Å²) < 4.78 is 12.6. The van der Waals surface area contributed by atoms with Crippen molar-refractivity contribution in [1.29, 1.82) is 0 Å². The molecule has 0 aromatic heterocycles. The average molecular weight is 408 g/mol. The number of hydrogen-bond donors (Lipinski definition) is 0. The van der Waals surface area contributed by atoms with E-state index in [9.17, 15) is 0 Å². The maximum Gasteiger partial charge on any atom is 0.208 e. The second kappa shape index (κ2) is 8.54. The molecule has 0 aliphatic heterocycles. The molecule has 0 amide bonds. The summed E-state index contributed by atoms with van der Waals surface area (Å²) in [5, 5.41) is 0. The molecule has 0 radical (unpaired) electrons. The van der Waals surface area contributed by atoms with Crippen molar-refractivity contribution in [3.8, 4) is 11.5 Å². The molecule has 0 spiro atoms. The molecule has 0 N–H and O–H groups in total. The second-order valence-corrected chi connectivity index (χ2v) is 11.0. The average Bonchev–Trinajstić information content (AvgIpc) is 2.63. The predicted molar refractivity (Wildman–Crippen MR) is 122 cm³/mol. The molecule has 0 bridgehead atoms. The first-order valence-electron chi connectivity index (χ1n) is 9.99. The molecule has 0 atom stereocenters. The molecule has 0 heterocycles. The van der Waals surface area contributed by atoms with E-state index in [1.807, 2.05) is 6.07 Å². The third-order valence-electron chi connectivity index (χ3n) is 3.93. The zero-order valence-electron chi connectivity index (χ0n) is 18.2. The third kappa shape index (κ3) is 6.04. The van der Waals surface area contributed by atoms with Crippen LogP contribution < -0.4 is 9.47 Å². The summed E-state index contributed by atoms with van der Waals surface area (Å²) in [6.07, 6.45) is 0. The summed E-state index contributed by atoms with van der Waals surface area (Å²) in [4.78, 5) is 3.70. The first-order chi connectivity index (χ1) is 13.6. The molecule has 0 unspecified atom stereocenters. The number of ether oxygens (including phenoxy) is 2. The molecule has 0 aliphatic rings. The molecule has 2 nitrogen and oxygen atoms in total. The van der Waals surface area contributed by atoms with Crippen molar-refractivity contribution < 1.29 is 9.47 Å². The fourth-order valence-electron chi connectivity index (χ4n) is 2.99. The van der Waals surface area contributed by atoms with Gasteiger partial charge in [0.1, 0.15) is 27.8 Å². The standard InChI is InChI=1S/C26H31O2S/c1-25(2,3)27-20-17-18-24(23(19-20)28-26(4,5)6)29(21-13-9-7-10-14-21)22-15-11-8-12-16-22/h7-19H,1-6H3/q+1. The van der Waals surface area contributed by atoms with Crippen LogP contribution in [0.3, 0.4) is 0 Å². The van der Waals surface area contributed by atoms with Crippen molar-refractivity contribution in [3.63, 3.8) is 0 Å². The summed E-state index contributed by atoms with van der Waals surface area (Å²) in [5.74, 6) is 1.69. The molecule has 0 saturated carbocycles. The van der Waals surface area contributed by atoms with E-state index in [-0.39, 0.29) is 22.1 Å². The van der Waals surface area contributed by atoms with E-state index >= 15 is 0 Å². The van der Waals surface area contributed by atoms with Crippen molar-refractivity contribution in [3.05, 3.63) is 78.9 Å². The second-order valence-electron chi connectivity index (χ2n) is 8.97.